The summed E-state index contributed by atoms with van der Waals surface area (Å²) in [6, 6.07) is 15.9. The van der Waals surface area contributed by atoms with Crippen molar-refractivity contribution in [1.82, 2.24) is 0 Å². The Morgan fingerprint density at radius 3 is 2.18 bits per heavy atom. The van der Waals surface area contributed by atoms with Crippen LogP contribution in [0.3, 0.4) is 0 Å². The van der Waals surface area contributed by atoms with Crippen LogP contribution in [0.5, 0.6) is 5.75 Å². The molecule has 1 aliphatic rings. The molecule has 1 aliphatic heterocycles. The molecule has 1 fully saturated rings. The van der Waals surface area contributed by atoms with Crippen molar-refractivity contribution < 1.29 is 35.0 Å². The SMILES string of the molecule is OCCc1ccc(C[C@]2(O)[C@H](Oc3ccccc3)O[C@H](CO)[C@@H](O)[C@@H]2O)cc1. The van der Waals surface area contributed by atoms with Crippen LogP contribution in [0.4, 0.5) is 0 Å². The highest BCUT2D eigenvalue weighted by Gasteiger charge is 2.56. The van der Waals surface area contributed by atoms with Crippen LogP contribution in [0, 0.1) is 0 Å². The van der Waals surface area contributed by atoms with Crippen molar-refractivity contribution in [2.45, 2.75) is 43.0 Å². The van der Waals surface area contributed by atoms with Gasteiger partial charge in [0, 0.05) is 13.0 Å². The average molecular weight is 390 g/mol. The molecular weight excluding hydrogens is 364 g/mol. The minimum absolute atomic E-state index is 0.0393. The zero-order valence-corrected chi connectivity index (χ0v) is 15.4. The number of ether oxygens (including phenoxy) is 2. The molecule has 7 heteroatoms. The van der Waals surface area contributed by atoms with Crippen LogP contribution in [0.25, 0.3) is 0 Å². The zero-order chi connectivity index (χ0) is 20.1. The van der Waals surface area contributed by atoms with Gasteiger partial charge in [-0.1, -0.05) is 42.5 Å². The van der Waals surface area contributed by atoms with Gasteiger partial charge in [0.1, 0.15) is 24.1 Å². The number of aliphatic hydroxyl groups excluding tert-OH is 4. The van der Waals surface area contributed by atoms with Crippen LogP contribution in [0.2, 0.25) is 0 Å². The van der Waals surface area contributed by atoms with Crippen molar-refractivity contribution in [3.8, 4) is 5.75 Å². The van der Waals surface area contributed by atoms with E-state index in [-0.39, 0.29) is 13.0 Å². The number of benzene rings is 2. The first-order valence-corrected chi connectivity index (χ1v) is 9.23. The summed E-state index contributed by atoms with van der Waals surface area (Å²) < 4.78 is 11.4. The molecule has 5 N–H and O–H groups in total. The standard InChI is InChI=1S/C21H26O7/c22-11-10-14-6-8-15(9-7-14)12-21(26)19(25)18(24)17(13-23)28-20(21)27-16-4-2-1-3-5-16/h1-9,17-20,22-26H,10-13H2/t17-,18-,19+,20-,21-/m1/s1. The molecule has 1 saturated heterocycles. The molecule has 2 aromatic rings. The van der Waals surface area contributed by atoms with Crippen LogP contribution < -0.4 is 4.74 Å². The van der Waals surface area contributed by atoms with Crippen molar-refractivity contribution in [2.75, 3.05) is 13.2 Å². The maximum absolute atomic E-state index is 11.3. The lowest BCUT2D eigenvalue weighted by Crippen LogP contribution is -2.68. The Balaban J connectivity index is 1.87. The molecule has 2 aromatic carbocycles. The molecular formula is C21H26O7. The number of rotatable bonds is 7. The predicted molar refractivity (Wildman–Crippen MR) is 101 cm³/mol. The fraction of sp³-hybridized carbons (Fsp3) is 0.429. The number of hydrogen-bond donors (Lipinski definition) is 5. The molecule has 0 amide bonds. The fourth-order valence-corrected chi connectivity index (χ4v) is 3.37. The second-order valence-corrected chi connectivity index (χ2v) is 7.01. The Labute approximate surface area is 163 Å². The minimum atomic E-state index is -1.95. The van der Waals surface area contributed by atoms with Crippen molar-refractivity contribution in [3.63, 3.8) is 0 Å². The Morgan fingerprint density at radius 2 is 1.57 bits per heavy atom. The molecule has 0 unspecified atom stereocenters. The van der Waals surface area contributed by atoms with E-state index in [1.807, 2.05) is 18.2 Å². The quantitative estimate of drug-likeness (QED) is 0.452. The van der Waals surface area contributed by atoms with Crippen LogP contribution in [-0.4, -0.2) is 68.9 Å². The first-order chi connectivity index (χ1) is 13.5. The lowest BCUT2D eigenvalue weighted by atomic mass is 9.81. The number of hydrogen-bond acceptors (Lipinski definition) is 7. The second kappa shape index (κ2) is 9.00. The van der Waals surface area contributed by atoms with Crippen molar-refractivity contribution in [3.05, 3.63) is 65.7 Å². The van der Waals surface area contributed by atoms with Gasteiger partial charge in [0.2, 0.25) is 6.29 Å². The Kier molecular flexibility index (Phi) is 6.66. The molecule has 5 atom stereocenters. The number of aliphatic hydroxyl groups is 5. The molecule has 28 heavy (non-hydrogen) atoms. The smallest absolute Gasteiger partial charge is 0.232 e. The minimum Gasteiger partial charge on any atom is -0.462 e. The molecule has 0 aromatic heterocycles. The normalized spacial score (nSPS) is 30.2. The molecule has 0 bridgehead atoms. The van der Waals surface area contributed by atoms with Crippen molar-refractivity contribution in [1.29, 1.82) is 0 Å². The summed E-state index contributed by atoms with van der Waals surface area (Å²) in [5.74, 6) is 0.421. The summed E-state index contributed by atoms with van der Waals surface area (Å²) >= 11 is 0. The fourth-order valence-electron chi connectivity index (χ4n) is 3.37. The Hall–Kier alpha value is -2.00. The Morgan fingerprint density at radius 1 is 0.929 bits per heavy atom. The van der Waals surface area contributed by atoms with Gasteiger partial charge in [-0.25, -0.2) is 0 Å². The van der Waals surface area contributed by atoms with Gasteiger partial charge in [0.15, 0.2) is 5.60 Å². The van der Waals surface area contributed by atoms with E-state index >= 15 is 0 Å². The molecule has 152 valence electrons. The van der Waals surface area contributed by atoms with E-state index in [1.54, 1.807) is 36.4 Å². The molecule has 0 radical (unpaired) electrons. The zero-order valence-electron chi connectivity index (χ0n) is 15.4. The van der Waals surface area contributed by atoms with Crippen LogP contribution in [0.1, 0.15) is 11.1 Å². The van der Waals surface area contributed by atoms with E-state index in [2.05, 4.69) is 0 Å². The molecule has 0 saturated carbocycles. The second-order valence-electron chi connectivity index (χ2n) is 7.01. The first-order valence-electron chi connectivity index (χ1n) is 9.23. The predicted octanol–water partition coefficient (Wildman–Crippen LogP) is 0.0130. The van der Waals surface area contributed by atoms with Gasteiger partial charge >= 0.3 is 0 Å². The van der Waals surface area contributed by atoms with Gasteiger partial charge in [-0.3, -0.25) is 0 Å². The van der Waals surface area contributed by atoms with E-state index < -0.39 is 36.8 Å². The van der Waals surface area contributed by atoms with Gasteiger partial charge in [-0.15, -0.1) is 0 Å². The maximum atomic E-state index is 11.3. The van der Waals surface area contributed by atoms with Gasteiger partial charge in [0.25, 0.3) is 0 Å². The van der Waals surface area contributed by atoms with Crippen LogP contribution >= 0.6 is 0 Å². The summed E-state index contributed by atoms with van der Waals surface area (Å²) in [4.78, 5) is 0. The highest BCUT2D eigenvalue weighted by molar-refractivity contribution is 5.26. The lowest BCUT2D eigenvalue weighted by molar-refractivity contribution is -0.320. The van der Waals surface area contributed by atoms with Gasteiger partial charge in [-0.05, 0) is 29.7 Å². The van der Waals surface area contributed by atoms with Gasteiger partial charge in [-0.2, -0.15) is 0 Å². The highest BCUT2D eigenvalue weighted by atomic mass is 16.7. The molecule has 0 spiro atoms. The van der Waals surface area contributed by atoms with Gasteiger partial charge in [0.05, 0.1) is 6.61 Å². The topological polar surface area (TPSA) is 120 Å². The Bertz CT molecular complexity index is 736. The summed E-state index contributed by atoms with van der Waals surface area (Å²) in [6.45, 7) is -0.490. The number of para-hydroxylation sites is 1. The largest absolute Gasteiger partial charge is 0.462 e. The van der Waals surface area contributed by atoms with Crippen LogP contribution in [0.15, 0.2) is 54.6 Å². The van der Waals surface area contributed by atoms with Crippen molar-refractivity contribution in [2.24, 2.45) is 0 Å². The van der Waals surface area contributed by atoms with E-state index in [9.17, 15) is 20.4 Å². The highest BCUT2D eigenvalue weighted by Crippen LogP contribution is 2.34. The van der Waals surface area contributed by atoms with Gasteiger partial charge < -0.3 is 35.0 Å². The third-order valence-electron chi connectivity index (χ3n) is 5.00. The summed E-state index contributed by atoms with van der Waals surface area (Å²) in [6.07, 6.45) is -4.98. The monoisotopic (exact) mass is 390 g/mol. The lowest BCUT2D eigenvalue weighted by Gasteiger charge is -2.47. The van der Waals surface area contributed by atoms with E-state index in [1.165, 1.54) is 0 Å². The third-order valence-corrected chi connectivity index (χ3v) is 5.00. The van der Waals surface area contributed by atoms with E-state index in [4.69, 9.17) is 14.6 Å². The van der Waals surface area contributed by atoms with E-state index in [0.717, 1.165) is 5.56 Å². The summed E-state index contributed by atoms with van der Waals surface area (Å²) in [5.41, 5.74) is -0.307. The average Bonchev–Trinajstić information content (AvgIpc) is 2.71. The molecule has 3 rings (SSSR count). The molecule has 1 heterocycles. The van der Waals surface area contributed by atoms with Crippen molar-refractivity contribution >= 4 is 0 Å². The maximum Gasteiger partial charge on any atom is 0.232 e. The third kappa shape index (κ3) is 4.35. The van der Waals surface area contributed by atoms with E-state index in [0.29, 0.717) is 17.7 Å². The summed E-state index contributed by atoms with van der Waals surface area (Å²) in [7, 11) is 0. The summed E-state index contributed by atoms with van der Waals surface area (Å²) in [5, 5.41) is 50.7. The van der Waals surface area contributed by atoms with Crippen LogP contribution in [-0.2, 0) is 17.6 Å². The molecule has 0 aliphatic carbocycles. The molecule has 7 nitrogen and oxygen atoms in total. The first kappa shape index (κ1) is 20.7.